The summed E-state index contributed by atoms with van der Waals surface area (Å²) < 4.78 is 1.07. The zero-order valence-corrected chi connectivity index (χ0v) is 9.70. The second-order valence-electron chi connectivity index (χ2n) is 3.24. The van der Waals surface area contributed by atoms with Crippen molar-refractivity contribution in [2.45, 2.75) is 17.2 Å². The first-order chi connectivity index (χ1) is 6.88. The van der Waals surface area contributed by atoms with E-state index in [1.165, 1.54) is 12.8 Å². The lowest BCUT2D eigenvalue weighted by molar-refractivity contribution is 0.649. The number of nitrogens with one attached hydrogen (secondary N) is 1. The largest absolute Gasteiger partial charge is 0.363 e. The Hall–Kier alpha value is -0.550. The molecule has 1 heterocycles. The maximum Gasteiger partial charge on any atom is 0.206 e. The van der Waals surface area contributed by atoms with Gasteiger partial charge < -0.3 is 5.32 Å². The molecule has 5 heteroatoms. The highest BCUT2D eigenvalue weighted by Gasteiger charge is 2.12. The minimum atomic E-state index is 0.807. The lowest BCUT2D eigenvalue weighted by atomic mass is 10.1. The molecule has 1 aliphatic carbocycles. The van der Waals surface area contributed by atoms with Crippen LogP contribution in [0.2, 0.25) is 0 Å². The third-order valence-corrected chi connectivity index (χ3v) is 4.47. The maximum atomic E-state index is 4.10. The molecular weight excluding hydrogens is 214 g/mol. The molecule has 2 rings (SSSR count). The fourth-order valence-electron chi connectivity index (χ4n) is 1.37. The van der Waals surface area contributed by atoms with Crippen LogP contribution in [-0.4, -0.2) is 23.0 Å². The van der Waals surface area contributed by atoms with Crippen LogP contribution in [0.5, 0.6) is 0 Å². The summed E-state index contributed by atoms with van der Waals surface area (Å²) in [5.41, 5.74) is 0. The number of aromatic nitrogens is 2. The fraction of sp³-hybridized carbons (Fsp3) is 0.556. The van der Waals surface area contributed by atoms with Gasteiger partial charge in [0.25, 0.3) is 0 Å². The minimum Gasteiger partial charge on any atom is -0.363 e. The van der Waals surface area contributed by atoms with Gasteiger partial charge in [0.05, 0.1) is 0 Å². The van der Waals surface area contributed by atoms with Crippen molar-refractivity contribution in [1.82, 2.24) is 10.2 Å². The van der Waals surface area contributed by atoms with Crippen molar-refractivity contribution >= 4 is 28.2 Å². The van der Waals surface area contributed by atoms with Crippen LogP contribution in [0.25, 0.3) is 0 Å². The maximum absolute atomic E-state index is 4.10. The highest BCUT2D eigenvalue weighted by Crippen LogP contribution is 2.30. The van der Waals surface area contributed by atoms with Crippen LogP contribution in [0.4, 0.5) is 5.13 Å². The van der Waals surface area contributed by atoms with E-state index in [-0.39, 0.29) is 0 Å². The van der Waals surface area contributed by atoms with E-state index in [2.05, 4.69) is 27.7 Å². The van der Waals surface area contributed by atoms with Gasteiger partial charge in [0, 0.05) is 12.8 Å². The molecule has 0 bridgehead atoms. The first-order valence-electron chi connectivity index (χ1n) is 4.67. The minimum absolute atomic E-state index is 0.807. The van der Waals surface area contributed by atoms with E-state index in [0.29, 0.717) is 0 Å². The van der Waals surface area contributed by atoms with Crippen LogP contribution in [0.15, 0.2) is 16.5 Å². The molecule has 0 saturated heterocycles. The predicted octanol–water partition coefficient (Wildman–Crippen LogP) is 2.64. The van der Waals surface area contributed by atoms with Crippen LogP contribution in [0.3, 0.4) is 0 Å². The average molecular weight is 227 g/mol. The molecule has 0 saturated carbocycles. The van der Waals surface area contributed by atoms with Gasteiger partial charge in [0.1, 0.15) is 0 Å². The van der Waals surface area contributed by atoms with E-state index in [0.717, 1.165) is 21.1 Å². The van der Waals surface area contributed by atoms with Gasteiger partial charge in [-0.3, -0.25) is 0 Å². The number of anilines is 1. The van der Waals surface area contributed by atoms with Gasteiger partial charge in [-0.05, 0) is 18.8 Å². The quantitative estimate of drug-likeness (QED) is 0.634. The van der Waals surface area contributed by atoms with Gasteiger partial charge in [-0.15, -0.1) is 10.2 Å². The van der Waals surface area contributed by atoms with Crippen molar-refractivity contribution in [1.29, 1.82) is 0 Å². The van der Waals surface area contributed by atoms with Crippen LogP contribution in [0.1, 0.15) is 12.8 Å². The van der Waals surface area contributed by atoms with Gasteiger partial charge in [-0.2, -0.15) is 0 Å². The number of thioether (sulfide) groups is 1. The van der Waals surface area contributed by atoms with Gasteiger partial charge in [-0.1, -0.05) is 35.3 Å². The highest BCUT2D eigenvalue weighted by atomic mass is 32.2. The van der Waals surface area contributed by atoms with Crippen molar-refractivity contribution in [3.63, 3.8) is 0 Å². The zero-order chi connectivity index (χ0) is 9.80. The molecule has 76 valence electrons. The van der Waals surface area contributed by atoms with Crippen molar-refractivity contribution in [3.8, 4) is 0 Å². The zero-order valence-electron chi connectivity index (χ0n) is 8.06. The number of rotatable bonds is 4. The van der Waals surface area contributed by atoms with Crippen molar-refractivity contribution in [2.75, 3.05) is 18.1 Å². The summed E-state index contributed by atoms with van der Waals surface area (Å²) in [5.74, 6) is 1.97. The first-order valence-corrected chi connectivity index (χ1v) is 6.47. The topological polar surface area (TPSA) is 37.8 Å². The first kappa shape index (κ1) is 9.98. The molecule has 1 aromatic rings. The van der Waals surface area contributed by atoms with Crippen LogP contribution in [-0.2, 0) is 0 Å². The van der Waals surface area contributed by atoms with Crippen LogP contribution in [0, 0.1) is 5.92 Å². The molecular formula is C9H13N3S2. The van der Waals surface area contributed by atoms with E-state index in [9.17, 15) is 0 Å². The Morgan fingerprint density at radius 1 is 1.50 bits per heavy atom. The van der Waals surface area contributed by atoms with E-state index in [1.807, 2.05) is 18.8 Å². The van der Waals surface area contributed by atoms with E-state index in [1.54, 1.807) is 11.3 Å². The van der Waals surface area contributed by atoms with Gasteiger partial charge in [-0.25, -0.2) is 0 Å². The molecule has 1 aliphatic rings. The Morgan fingerprint density at radius 2 is 2.29 bits per heavy atom. The summed E-state index contributed by atoms with van der Waals surface area (Å²) >= 11 is 3.44. The molecule has 14 heavy (non-hydrogen) atoms. The number of nitrogens with zero attached hydrogens (tertiary/aromatic N) is 2. The predicted molar refractivity (Wildman–Crippen MR) is 62.0 cm³/mol. The molecule has 1 N–H and O–H groups in total. The molecule has 1 aromatic heterocycles. The summed E-state index contributed by atoms with van der Waals surface area (Å²) in [6.07, 6.45) is 6.99. The third-order valence-electron chi connectivity index (χ3n) is 2.17. The molecule has 0 amide bonds. The number of hydrogen-bond acceptors (Lipinski definition) is 5. The Balaban J connectivity index is 1.79. The highest BCUT2D eigenvalue weighted by molar-refractivity contribution is 8.01. The van der Waals surface area contributed by atoms with Gasteiger partial charge in [0.2, 0.25) is 5.13 Å². The molecule has 3 nitrogen and oxygen atoms in total. The molecule has 0 unspecified atom stereocenters. The molecule has 0 aromatic carbocycles. The molecule has 0 fully saturated rings. The van der Waals surface area contributed by atoms with Gasteiger partial charge >= 0.3 is 0 Å². The normalized spacial score (nSPS) is 16.4. The van der Waals surface area contributed by atoms with Crippen LogP contribution < -0.4 is 5.32 Å². The third kappa shape index (κ3) is 2.48. The summed E-state index contributed by atoms with van der Waals surface area (Å²) in [4.78, 5) is 0. The molecule has 0 radical (unpaired) electrons. The Labute approximate surface area is 92.0 Å². The fourth-order valence-corrected chi connectivity index (χ4v) is 3.22. The van der Waals surface area contributed by atoms with Crippen molar-refractivity contribution in [3.05, 3.63) is 12.2 Å². The van der Waals surface area contributed by atoms with Gasteiger partial charge in [0.15, 0.2) is 4.34 Å². The molecule has 0 atom stereocenters. The lowest BCUT2D eigenvalue weighted by Crippen LogP contribution is -1.96. The number of allylic oxidation sites excluding steroid dienone is 2. The average Bonchev–Trinajstić information content (AvgIpc) is 2.86. The van der Waals surface area contributed by atoms with E-state index in [4.69, 9.17) is 0 Å². The summed E-state index contributed by atoms with van der Waals surface area (Å²) in [7, 11) is 1.87. The van der Waals surface area contributed by atoms with E-state index < -0.39 is 0 Å². The lowest BCUT2D eigenvalue weighted by Gasteiger charge is -2.04. The standard InChI is InChI=1S/C9H13N3S2/c1-10-8-11-12-9(14-8)13-6-7-4-2-3-5-7/h2-3,7H,4-6H2,1H3,(H,10,11). The molecule has 0 aliphatic heterocycles. The Kier molecular flexibility index (Phi) is 3.42. The second-order valence-corrected chi connectivity index (χ2v) is 5.49. The smallest absolute Gasteiger partial charge is 0.206 e. The number of hydrogen-bond donors (Lipinski definition) is 1. The SMILES string of the molecule is CNc1nnc(SCC2CC=CC2)s1. The van der Waals surface area contributed by atoms with Crippen molar-refractivity contribution < 1.29 is 0 Å². The van der Waals surface area contributed by atoms with Crippen LogP contribution >= 0.6 is 23.1 Å². The summed E-state index contributed by atoms with van der Waals surface area (Å²) in [5, 5.41) is 12.0. The Morgan fingerprint density at radius 3 is 2.93 bits per heavy atom. The van der Waals surface area contributed by atoms with E-state index >= 15 is 0 Å². The second kappa shape index (κ2) is 4.79. The monoisotopic (exact) mass is 227 g/mol. The summed E-state index contributed by atoms with van der Waals surface area (Å²) in [6, 6.07) is 0. The summed E-state index contributed by atoms with van der Waals surface area (Å²) in [6.45, 7) is 0. The Bertz CT molecular complexity index is 314. The molecule has 0 spiro atoms. The van der Waals surface area contributed by atoms with Crippen molar-refractivity contribution in [2.24, 2.45) is 5.92 Å².